The molecule has 0 unspecified atom stereocenters. The van der Waals surface area contributed by atoms with Crippen molar-refractivity contribution in [2.45, 2.75) is 33.4 Å². The Bertz CT molecular complexity index is 470. The van der Waals surface area contributed by atoms with Crippen molar-refractivity contribution in [1.82, 2.24) is 9.78 Å². The molecule has 2 aromatic rings. The summed E-state index contributed by atoms with van der Waals surface area (Å²) in [4.78, 5) is 0. The van der Waals surface area contributed by atoms with Crippen LogP contribution in [0.15, 0.2) is 22.7 Å². The molecule has 0 bridgehead atoms. The molecule has 4 heteroatoms. The molecule has 0 saturated heterocycles. The number of aryl methyl sites for hydroxylation is 1. The summed E-state index contributed by atoms with van der Waals surface area (Å²) in [6, 6.07) is 3.86. The van der Waals surface area contributed by atoms with Gasteiger partial charge in [-0.1, -0.05) is 6.92 Å². The molecule has 2 rings (SSSR count). The lowest BCUT2D eigenvalue weighted by atomic mass is 10.2. The van der Waals surface area contributed by atoms with Gasteiger partial charge in [-0.2, -0.15) is 5.10 Å². The third-order valence-electron chi connectivity index (χ3n) is 2.67. The van der Waals surface area contributed by atoms with E-state index in [0.29, 0.717) is 6.54 Å². The first-order chi connectivity index (χ1) is 7.76. The van der Waals surface area contributed by atoms with E-state index < -0.39 is 0 Å². The Kier molecular flexibility index (Phi) is 3.10. The number of aromatic nitrogens is 2. The summed E-state index contributed by atoms with van der Waals surface area (Å²) in [6.07, 6.45) is 2.93. The van der Waals surface area contributed by atoms with E-state index in [-0.39, 0.29) is 0 Å². The van der Waals surface area contributed by atoms with E-state index in [4.69, 9.17) is 10.2 Å². The Morgan fingerprint density at radius 3 is 2.88 bits per heavy atom. The van der Waals surface area contributed by atoms with Gasteiger partial charge >= 0.3 is 0 Å². The van der Waals surface area contributed by atoms with E-state index in [9.17, 15) is 0 Å². The van der Waals surface area contributed by atoms with Gasteiger partial charge in [0.15, 0.2) is 0 Å². The Morgan fingerprint density at radius 2 is 2.25 bits per heavy atom. The summed E-state index contributed by atoms with van der Waals surface area (Å²) in [7, 11) is 0. The minimum absolute atomic E-state index is 0.433. The van der Waals surface area contributed by atoms with Gasteiger partial charge in [-0.15, -0.1) is 0 Å². The number of furan rings is 1. The first-order valence-corrected chi connectivity index (χ1v) is 5.57. The SMILES string of the molecule is CCCn1ncc(-c2ccc(CN)o2)c1C. The molecule has 16 heavy (non-hydrogen) atoms. The molecule has 0 saturated carbocycles. The van der Waals surface area contributed by atoms with Gasteiger partial charge < -0.3 is 10.2 Å². The van der Waals surface area contributed by atoms with Gasteiger partial charge in [0.2, 0.25) is 0 Å². The molecule has 2 heterocycles. The molecule has 86 valence electrons. The molecule has 0 fully saturated rings. The summed E-state index contributed by atoms with van der Waals surface area (Å²) in [5.74, 6) is 1.65. The molecular formula is C12H17N3O. The zero-order chi connectivity index (χ0) is 11.5. The molecule has 0 aliphatic heterocycles. The maximum atomic E-state index is 5.61. The van der Waals surface area contributed by atoms with E-state index in [0.717, 1.165) is 35.7 Å². The van der Waals surface area contributed by atoms with E-state index >= 15 is 0 Å². The third kappa shape index (κ3) is 1.88. The fraction of sp³-hybridized carbons (Fsp3) is 0.417. The normalized spacial score (nSPS) is 10.9. The van der Waals surface area contributed by atoms with Gasteiger partial charge in [0, 0.05) is 12.2 Å². The highest BCUT2D eigenvalue weighted by Gasteiger charge is 2.11. The van der Waals surface area contributed by atoms with Crippen LogP contribution in [-0.4, -0.2) is 9.78 Å². The third-order valence-corrected chi connectivity index (χ3v) is 2.67. The molecule has 0 aromatic carbocycles. The Morgan fingerprint density at radius 1 is 1.44 bits per heavy atom. The average molecular weight is 219 g/mol. The number of rotatable bonds is 4. The van der Waals surface area contributed by atoms with Crippen molar-refractivity contribution >= 4 is 0 Å². The molecule has 0 aliphatic carbocycles. The number of hydrogen-bond acceptors (Lipinski definition) is 3. The Hall–Kier alpha value is -1.55. The number of hydrogen-bond donors (Lipinski definition) is 1. The van der Waals surface area contributed by atoms with Gasteiger partial charge in [-0.05, 0) is 25.5 Å². The van der Waals surface area contributed by atoms with Crippen LogP contribution in [-0.2, 0) is 13.1 Å². The predicted molar refractivity (Wildman–Crippen MR) is 62.8 cm³/mol. The van der Waals surface area contributed by atoms with Gasteiger partial charge in [0.1, 0.15) is 11.5 Å². The lowest BCUT2D eigenvalue weighted by Crippen LogP contribution is -2.00. The standard InChI is InChI=1S/C12H17N3O/c1-3-6-15-9(2)11(8-14-15)12-5-4-10(7-13)16-12/h4-5,8H,3,6-7,13H2,1-2H3. The fourth-order valence-electron chi connectivity index (χ4n) is 1.76. The maximum absolute atomic E-state index is 5.61. The maximum Gasteiger partial charge on any atom is 0.137 e. The molecule has 0 aliphatic rings. The van der Waals surface area contributed by atoms with Gasteiger partial charge in [0.05, 0.1) is 18.3 Å². The highest BCUT2D eigenvalue weighted by Crippen LogP contribution is 2.25. The van der Waals surface area contributed by atoms with Crippen LogP contribution in [0.5, 0.6) is 0 Å². The summed E-state index contributed by atoms with van der Waals surface area (Å²) < 4.78 is 7.61. The van der Waals surface area contributed by atoms with Gasteiger partial charge in [-0.25, -0.2) is 0 Å². The first kappa shape index (κ1) is 11.0. The molecule has 0 amide bonds. The van der Waals surface area contributed by atoms with Crippen LogP contribution >= 0.6 is 0 Å². The lowest BCUT2D eigenvalue weighted by Gasteiger charge is -2.01. The number of nitrogens with two attached hydrogens (primary N) is 1. The minimum Gasteiger partial charge on any atom is -0.460 e. The molecule has 4 nitrogen and oxygen atoms in total. The van der Waals surface area contributed by atoms with Crippen LogP contribution < -0.4 is 5.73 Å². The molecular weight excluding hydrogens is 202 g/mol. The largest absolute Gasteiger partial charge is 0.460 e. The summed E-state index contributed by atoms with van der Waals surface area (Å²) in [5, 5.41) is 4.34. The zero-order valence-electron chi connectivity index (χ0n) is 9.73. The van der Waals surface area contributed by atoms with Crippen molar-refractivity contribution in [3.63, 3.8) is 0 Å². The van der Waals surface area contributed by atoms with E-state index in [1.807, 2.05) is 23.0 Å². The van der Waals surface area contributed by atoms with Crippen LogP contribution in [0.2, 0.25) is 0 Å². The highest BCUT2D eigenvalue weighted by molar-refractivity contribution is 5.59. The monoisotopic (exact) mass is 219 g/mol. The Balaban J connectivity index is 2.33. The first-order valence-electron chi connectivity index (χ1n) is 5.57. The van der Waals surface area contributed by atoms with Crippen LogP contribution in [0, 0.1) is 6.92 Å². The summed E-state index contributed by atoms with van der Waals surface area (Å²) in [6.45, 7) is 5.57. The van der Waals surface area contributed by atoms with Crippen molar-refractivity contribution in [2.75, 3.05) is 0 Å². The van der Waals surface area contributed by atoms with Crippen molar-refractivity contribution in [1.29, 1.82) is 0 Å². The van der Waals surface area contributed by atoms with Crippen LogP contribution in [0.1, 0.15) is 24.8 Å². The topological polar surface area (TPSA) is 57.0 Å². The highest BCUT2D eigenvalue weighted by atomic mass is 16.3. The van der Waals surface area contributed by atoms with Crippen LogP contribution in [0.25, 0.3) is 11.3 Å². The molecule has 2 aromatic heterocycles. The average Bonchev–Trinajstić information content (AvgIpc) is 2.87. The smallest absolute Gasteiger partial charge is 0.137 e. The number of nitrogens with zero attached hydrogens (tertiary/aromatic N) is 2. The summed E-state index contributed by atoms with van der Waals surface area (Å²) >= 11 is 0. The molecule has 0 radical (unpaired) electrons. The second-order valence-electron chi connectivity index (χ2n) is 3.84. The zero-order valence-corrected chi connectivity index (χ0v) is 9.73. The quantitative estimate of drug-likeness (QED) is 0.858. The summed E-state index contributed by atoms with van der Waals surface area (Å²) in [5.41, 5.74) is 7.71. The van der Waals surface area contributed by atoms with Crippen molar-refractivity contribution in [2.24, 2.45) is 5.73 Å². The molecule has 2 N–H and O–H groups in total. The second kappa shape index (κ2) is 4.53. The van der Waals surface area contributed by atoms with Crippen molar-refractivity contribution in [3.05, 3.63) is 29.8 Å². The van der Waals surface area contributed by atoms with Crippen molar-refractivity contribution < 1.29 is 4.42 Å². The van der Waals surface area contributed by atoms with E-state index in [2.05, 4.69) is 18.9 Å². The predicted octanol–water partition coefficient (Wildman–Crippen LogP) is 2.32. The van der Waals surface area contributed by atoms with E-state index in [1.165, 1.54) is 0 Å². The second-order valence-corrected chi connectivity index (χ2v) is 3.84. The fourth-order valence-corrected chi connectivity index (χ4v) is 1.76. The van der Waals surface area contributed by atoms with Gasteiger partial charge in [-0.3, -0.25) is 4.68 Å². The molecule has 0 spiro atoms. The van der Waals surface area contributed by atoms with Crippen molar-refractivity contribution in [3.8, 4) is 11.3 Å². The van der Waals surface area contributed by atoms with Crippen LogP contribution in [0.3, 0.4) is 0 Å². The van der Waals surface area contributed by atoms with Gasteiger partial charge in [0.25, 0.3) is 0 Å². The minimum atomic E-state index is 0.433. The lowest BCUT2D eigenvalue weighted by molar-refractivity contribution is 0.524. The molecule has 0 atom stereocenters. The van der Waals surface area contributed by atoms with E-state index in [1.54, 1.807) is 0 Å². The van der Waals surface area contributed by atoms with Crippen LogP contribution in [0.4, 0.5) is 0 Å². The Labute approximate surface area is 95.1 Å².